The number of benzene rings is 1. The maximum Gasteiger partial charge on any atom is 0.307 e. The SMILES string of the molecule is Cc1ccc(S(=O)(=O)N2CCCC(C(=O)O)C2)cc1. The smallest absolute Gasteiger partial charge is 0.307 e. The van der Waals surface area contributed by atoms with E-state index in [9.17, 15) is 13.2 Å². The summed E-state index contributed by atoms with van der Waals surface area (Å²) >= 11 is 0. The van der Waals surface area contributed by atoms with Crippen LogP contribution in [0.2, 0.25) is 0 Å². The van der Waals surface area contributed by atoms with Gasteiger partial charge in [0, 0.05) is 13.1 Å². The summed E-state index contributed by atoms with van der Waals surface area (Å²) in [7, 11) is -3.58. The fourth-order valence-corrected chi connectivity index (χ4v) is 3.75. The Morgan fingerprint density at radius 3 is 2.53 bits per heavy atom. The standard InChI is InChI=1S/C13H17NO4S/c1-10-4-6-12(7-5-10)19(17,18)14-8-2-3-11(9-14)13(15)16/h4-7,11H,2-3,8-9H2,1H3,(H,15,16). The highest BCUT2D eigenvalue weighted by molar-refractivity contribution is 7.89. The average Bonchev–Trinajstić information content (AvgIpc) is 2.39. The number of sulfonamides is 1. The van der Waals surface area contributed by atoms with Crippen molar-refractivity contribution in [3.8, 4) is 0 Å². The van der Waals surface area contributed by atoms with Crippen LogP contribution >= 0.6 is 0 Å². The van der Waals surface area contributed by atoms with Crippen LogP contribution in [0.15, 0.2) is 29.2 Å². The lowest BCUT2D eigenvalue weighted by Crippen LogP contribution is -2.42. The fourth-order valence-electron chi connectivity index (χ4n) is 2.22. The van der Waals surface area contributed by atoms with E-state index in [0.29, 0.717) is 19.4 Å². The Morgan fingerprint density at radius 2 is 1.95 bits per heavy atom. The second-order valence-electron chi connectivity index (χ2n) is 4.85. The predicted octanol–water partition coefficient (Wildman–Crippen LogP) is 1.48. The quantitative estimate of drug-likeness (QED) is 0.911. The zero-order valence-corrected chi connectivity index (χ0v) is 11.6. The molecular formula is C13H17NO4S. The van der Waals surface area contributed by atoms with Crippen molar-refractivity contribution in [2.24, 2.45) is 5.92 Å². The first-order valence-electron chi connectivity index (χ1n) is 6.21. The molecule has 5 nitrogen and oxygen atoms in total. The number of aryl methyl sites for hydroxylation is 1. The molecule has 104 valence electrons. The summed E-state index contributed by atoms with van der Waals surface area (Å²) < 4.78 is 26.1. The van der Waals surface area contributed by atoms with Crippen LogP contribution in [-0.2, 0) is 14.8 Å². The van der Waals surface area contributed by atoms with Gasteiger partial charge < -0.3 is 5.11 Å². The molecule has 0 amide bonds. The Hall–Kier alpha value is -1.40. The highest BCUT2D eigenvalue weighted by atomic mass is 32.2. The molecule has 0 saturated carbocycles. The van der Waals surface area contributed by atoms with E-state index in [2.05, 4.69) is 0 Å². The Kier molecular flexibility index (Phi) is 3.91. The number of rotatable bonds is 3. The summed E-state index contributed by atoms with van der Waals surface area (Å²) in [6.07, 6.45) is 1.12. The number of hydrogen-bond donors (Lipinski definition) is 1. The molecule has 0 bridgehead atoms. The normalized spacial score (nSPS) is 21.2. The number of aliphatic carboxylic acids is 1. The van der Waals surface area contributed by atoms with E-state index in [1.165, 1.54) is 4.31 Å². The van der Waals surface area contributed by atoms with Gasteiger partial charge >= 0.3 is 5.97 Å². The van der Waals surface area contributed by atoms with Crippen LogP contribution in [0.25, 0.3) is 0 Å². The minimum absolute atomic E-state index is 0.0611. The van der Waals surface area contributed by atoms with Gasteiger partial charge in [-0.25, -0.2) is 8.42 Å². The van der Waals surface area contributed by atoms with E-state index in [4.69, 9.17) is 5.11 Å². The van der Waals surface area contributed by atoms with Crippen LogP contribution < -0.4 is 0 Å². The van der Waals surface area contributed by atoms with Gasteiger partial charge in [-0.3, -0.25) is 4.79 Å². The van der Waals surface area contributed by atoms with Crippen molar-refractivity contribution in [1.82, 2.24) is 4.31 Å². The molecule has 1 aromatic rings. The van der Waals surface area contributed by atoms with Crippen LogP contribution in [0.3, 0.4) is 0 Å². The summed E-state index contributed by atoms with van der Waals surface area (Å²) in [5.41, 5.74) is 0.987. The first kappa shape index (κ1) is 14.0. The maximum absolute atomic E-state index is 12.4. The third-order valence-corrected chi connectivity index (χ3v) is 5.27. The fraction of sp³-hybridized carbons (Fsp3) is 0.462. The molecule has 0 radical (unpaired) electrons. The molecular weight excluding hydrogens is 266 g/mol. The van der Waals surface area contributed by atoms with Gasteiger partial charge in [0.1, 0.15) is 0 Å². The van der Waals surface area contributed by atoms with E-state index >= 15 is 0 Å². The molecule has 1 aromatic carbocycles. The van der Waals surface area contributed by atoms with Crippen molar-refractivity contribution < 1.29 is 18.3 Å². The third-order valence-electron chi connectivity index (χ3n) is 3.39. The topological polar surface area (TPSA) is 74.7 Å². The van der Waals surface area contributed by atoms with Crippen LogP contribution in [0, 0.1) is 12.8 Å². The summed E-state index contributed by atoms with van der Waals surface area (Å²) in [6.45, 7) is 2.34. The molecule has 6 heteroatoms. The molecule has 1 unspecified atom stereocenters. The molecule has 1 aliphatic rings. The summed E-state index contributed by atoms with van der Waals surface area (Å²) in [4.78, 5) is 11.2. The van der Waals surface area contributed by atoms with Gasteiger partial charge in [0.25, 0.3) is 0 Å². The Balaban J connectivity index is 2.24. The molecule has 0 spiro atoms. The first-order chi connectivity index (χ1) is 8.91. The summed E-state index contributed by atoms with van der Waals surface area (Å²) in [5.74, 6) is -1.53. The van der Waals surface area contributed by atoms with E-state index in [1.807, 2.05) is 6.92 Å². The molecule has 0 aliphatic carbocycles. The second-order valence-corrected chi connectivity index (χ2v) is 6.79. The van der Waals surface area contributed by atoms with Gasteiger partial charge in [-0.05, 0) is 31.9 Å². The van der Waals surface area contributed by atoms with Gasteiger partial charge in [-0.1, -0.05) is 17.7 Å². The minimum atomic E-state index is -3.58. The van der Waals surface area contributed by atoms with Gasteiger partial charge in [0.2, 0.25) is 10.0 Å². The molecule has 19 heavy (non-hydrogen) atoms. The van der Waals surface area contributed by atoms with Crippen molar-refractivity contribution in [3.05, 3.63) is 29.8 Å². The molecule has 1 N–H and O–H groups in total. The van der Waals surface area contributed by atoms with E-state index in [-0.39, 0.29) is 11.4 Å². The van der Waals surface area contributed by atoms with Gasteiger partial charge in [0.05, 0.1) is 10.8 Å². The Labute approximate surface area is 112 Å². The van der Waals surface area contributed by atoms with Gasteiger partial charge in [0.15, 0.2) is 0 Å². The number of carbonyl (C=O) groups is 1. The average molecular weight is 283 g/mol. The lowest BCUT2D eigenvalue weighted by Gasteiger charge is -2.29. The molecule has 1 fully saturated rings. The lowest BCUT2D eigenvalue weighted by atomic mass is 10.0. The van der Waals surface area contributed by atoms with Gasteiger partial charge in [-0.2, -0.15) is 4.31 Å². The number of piperidine rings is 1. The molecule has 1 aliphatic heterocycles. The van der Waals surface area contributed by atoms with Crippen LogP contribution in [0.5, 0.6) is 0 Å². The summed E-state index contributed by atoms with van der Waals surface area (Å²) in [5, 5.41) is 9.01. The monoisotopic (exact) mass is 283 g/mol. The number of carboxylic acid groups (broad SMARTS) is 1. The Morgan fingerprint density at radius 1 is 1.32 bits per heavy atom. The van der Waals surface area contributed by atoms with E-state index in [1.54, 1.807) is 24.3 Å². The lowest BCUT2D eigenvalue weighted by molar-refractivity contribution is -0.142. The first-order valence-corrected chi connectivity index (χ1v) is 7.65. The molecule has 0 aromatic heterocycles. The molecule has 1 atom stereocenters. The zero-order valence-electron chi connectivity index (χ0n) is 10.7. The number of carboxylic acids is 1. The minimum Gasteiger partial charge on any atom is -0.481 e. The second kappa shape index (κ2) is 5.30. The largest absolute Gasteiger partial charge is 0.481 e. The third kappa shape index (κ3) is 2.96. The maximum atomic E-state index is 12.4. The van der Waals surface area contributed by atoms with Gasteiger partial charge in [-0.15, -0.1) is 0 Å². The van der Waals surface area contributed by atoms with Crippen molar-refractivity contribution in [1.29, 1.82) is 0 Å². The molecule has 2 rings (SSSR count). The van der Waals surface area contributed by atoms with E-state index < -0.39 is 21.9 Å². The van der Waals surface area contributed by atoms with Crippen molar-refractivity contribution in [3.63, 3.8) is 0 Å². The van der Waals surface area contributed by atoms with Crippen LogP contribution in [-0.4, -0.2) is 36.9 Å². The summed E-state index contributed by atoms with van der Waals surface area (Å²) in [6, 6.07) is 6.61. The number of nitrogens with zero attached hydrogens (tertiary/aromatic N) is 1. The molecule has 1 heterocycles. The van der Waals surface area contributed by atoms with E-state index in [0.717, 1.165) is 5.56 Å². The van der Waals surface area contributed by atoms with Crippen LogP contribution in [0.1, 0.15) is 18.4 Å². The highest BCUT2D eigenvalue weighted by Gasteiger charge is 2.33. The van der Waals surface area contributed by atoms with Crippen LogP contribution in [0.4, 0.5) is 0 Å². The van der Waals surface area contributed by atoms with Crippen molar-refractivity contribution in [2.45, 2.75) is 24.7 Å². The van der Waals surface area contributed by atoms with Crippen molar-refractivity contribution >= 4 is 16.0 Å². The molecule has 1 saturated heterocycles. The Bertz CT molecular complexity index is 565. The predicted molar refractivity (Wildman–Crippen MR) is 70.3 cm³/mol. The zero-order chi connectivity index (χ0) is 14.0. The highest BCUT2D eigenvalue weighted by Crippen LogP contribution is 2.24. The van der Waals surface area contributed by atoms with Crippen molar-refractivity contribution in [2.75, 3.05) is 13.1 Å². The number of hydrogen-bond acceptors (Lipinski definition) is 3.